The molecule has 1 rings (SSSR count). The van der Waals surface area contributed by atoms with Crippen LogP contribution in [0.2, 0.25) is 0 Å². The van der Waals surface area contributed by atoms with E-state index in [1.54, 1.807) is 18.2 Å². The first-order valence-corrected chi connectivity index (χ1v) is 5.86. The number of carboxylic acid groups (broad SMARTS) is 1. The van der Waals surface area contributed by atoms with E-state index in [9.17, 15) is 14.4 Å². The van der Waals surface area contributed by atoms with Gasteiger partial charge >= 0.3 is 12.0 Å². The van der Waals surface area contributed by atoms with Gasteiger partial charge in [-0.15, -0.1) is 0 Å². The van der Waals surface area contributed by atoms with Gasteiger partial charge in [0, 0.05) is 18.5 Å². The Kier molecular flexibility index (Phi) is 5.53. The lowest BCUT2D eigenvalue weighted by Gasteiger charge is -2.06. The largest absolute Gasteiger partial charge is 0.481 e. The second-order valence-corrected chi connectivity index (χ2v) is 4.12. The van der Waals surface area contributed by atoms with Crippen molar-refractivity contribution in [2.45, 2.75) is 26.2 Å². The number of nitrogens with one attached hydrogen (secondary N) is 2. The lowest BCUT2D eigenvalue weighted by atomic mass is 10.2. The van der Waals surface area contributed by atoms with Crippen LogP contribution in [0.3, 0.4) is 0 Å². The normalized spacial score (nSPS) is 9.74. The van der Waals surface area contributed by atoms with Crippen molar-refractivity contribution in [3.05, 3.63) is 29.8 Å². The van der Waals surface area contributed by atoms with Crippen LogP contribution in [-0.4, -0.2) is 23.0 Å². The Morgan fingerprint density at radius 1 is 1.21 bits per heavy atom. The van der Waals surface area contributed by atoms with E-state index in [0.29, 0.717) is 5.69 Å². The van der Waals surface area contributed by atoms with Crippen LogP contribution in [0.5, 0.6) is 0 Å². The zero-order valence-electron chi connectivity index (χ0n) is 10.6. The van der Waals surface area contributed by atoms with Crippen LogP contribution in [0.25, 0.3) is 0 Å². The molecule has 0 bridgehead atoms. The third kappa shape index (κ3) is 6.21. The fraction of sp³-hybridized carbons (Fsp3) is 0.308. The lowest BCUT2D eigenvalue weighted by Crippen LogP contribution is -2.34. The first-order chi connectivity index (χ1) is 8.97. The third-order valence-corrected chi connectivity index (χ3v) is 2.32. The molecule has 0 radical (unpaired) electrons. The highest BCUT2D eigenvalue weighted by Crippen LogP contribution is 2.09. The molecule has 0 saturated carbocycles. The van der Waals surface area contributed by atoms with E-state index in [1.165, 1.54) is 0 Å². The number of benzene rings is 1. The van der Waals surface area contributed by atoms with Crippen LogP contribution in [0, 0.1) is 6.92 Å². The van der Waals surface area contributed by atoms with Crippen molar-refractivity contribution in [2.24, 2.45) is 0 Å². The molecule has 0 atom stereocenters. The summed E-state index contributed by atoms with van der Waals surface area (Å²) < 4.78 is 0. The van der Waals surface area contributed by atoms with Crippen molar-refractivity contribution in [2.75, 3.05) is 5.32 Å². The van der Waals surface area contributed by atoms with E-state index >= 15 is 0 Å². The zero-order valence-corrected chi connectivity index (χ0v) is 10.6. The van der Waals surface area contributed by atoms with Gasteiger partial charge in [0.1, 0.15) is 0 Å². The highest BCUT2D eigenvalue weighted by atomic mass is 16.4. The van der Waals surface area contributed by atoms with Crippen LogP contribution >= 0.6 is 0 Å². The molecule has 0 aromatic heterocycles. The maximum Gasteiger partial charge on any atom is 0.325 e. The summed E-state index contributed by atoms with van der Waals surface area (Å²) in [6.45, 7) is 1.89. The Bertz CT molecular complexity index is 485. The van der Waals surface area contributed by atoms with Gasteiger partial charge in [-0.25, -0.2) is 4.79 Å². The van der Waals surface area contributed by atoms with Crippen molar-refractivity contribution in [1.29, 1.82) is 0 Å². The van der Waals surface area contributed by atoms with Gasteiger partial charge < -0.3 is 10.4 Å². The molecule has 3 amide bonds. The number of urea groups is 1. The van der Waals surface area contributed by atoms with Gasteiger partial charge in [0.15, 0.2) is 0 Å². The summed E-state index contributed by atoms with van der Waals surface area (Å²) in [6.07, 6.45) is 0.124. The van der Waals surface area contributed by atoms with Crippen molar-refractivity contribution < 1.29 is 19.5 Å². The maximum atomic E-state index is 11.5. The molecule has 0 spiro atoms. The number of carboxylic acids is 1. The summed E-state index contributed by atoms with van der Waals surface area (Å²) in [5.74, 6) is -1.46. The van der Waals surface area contributed by atoms with Crippen LogP contribution in [0.15, 0.2) is 24.3 Å². The standard InChI is InChI=1S/C13H16N2O4/c1-9-4-2-5-10(8-9)14-13(19)15-11(16)6-3-7-12(17)18/h2,4-5,8H,3,6-7H2,1H3,(H,17,18)(H2,14,15,16,19). The van der Waals surface area contributed by atoms with E-state index in [1.807, 2.05) is 13.0 Å². The van der Waals surface area contributed by atoms with Gasteiger partial charge in [-0.05, 0) is 31.0 Å². The highest BCUT2D eigenvalue weighted by Gasteiger charge is 2.08. The maximum absolute atomic E-state index is 11.5. The summed E-state index contributed by atoms with van der Waals surface area (Å²) in [6, 6.07) is 6.54. The Morgan fingerprint density at radius 3 is 2.58 bits per heavy atom. The smallest absolute Gasteiger partial charge is 0.325 e. The Morgan fingerprint density at radius 2 is 1.95 bits per heavy atom. The zero-order chi connectivity index (χ0) is 14.3. The monoisotopic (exact) mass is 264 g/mol. The van der Waals surface area contributed by atoms with E-state index in [2.05, 4.69) is 10.6 Å². The number of hydrogen-bond donors (Lipinski definition) is 3. The van der Waals surface area contributed by atoms with E-state index < -0.39 is 17.9 Å². The minimum absolute atomic E-state index is 0.00748. The average Bonchev–Trinajstić information content (AvgIpc) is 2.27. The summed E-state index contributed by atoms with van der Waals surface area (Å²) >= 11 is 0. The number of carbonyl (C=O) groups excluding carboxylic acids is 2. The molecule has 1 aromatic rings. The molecule has 0 aliphatic heterocycles. The molecule has 19 heavy (non-hydrogen) atoms. The van der Waals surface area contributed by atoms with E-state index in [-0.39, 0.29) is 19.3 Å². The molecule has 0 saturated heterocycles. The molecule has 102 valence electrons. The first-order valence-electron chi connectivity index (χ1n) is 5.86. The second-order valence-electron chi connectivity index (χ2n) is 4.12. The van der Waals surface area contributed by atoms with Crippen molar-refractivity contribution in [1.82, 2.24) is 5.32 Å². The second kappa shape index (κ2) is 7.15. The third-order valence-electron chi connectivity index (χ3n) is 2.32. The molecule has 3 N–H and O–H groups in total. The van der Waals surface area contributed by atoms with Gasteiger partial charge in [0.05, 0.1) is 0 Å². The predicted octanol–water partition coefficient (Wildman–Crippen LogP) is 1.90. The Hall–Kier alpha value is -2.37. The Balaban J connectivity index is 2.34. The van der Waals surface area contributed by atoms with Crippen LogP contribution in [-0.2, 0) is 9.59 Å². The summed E-state index contributed by atoms with van der Waals surface area (Å²) in [5.41, 5.74) is 1.58. The van der Waals surface area contributed by atoms with Gasteiger partial charge in [-0.3, -0.25) is 14.9 Å². The molecule has 0 fully saturated rings. The molecule has 0 aliphatic rings. The number of hydrogen-bond acceptors (Lipinski definition) is 3. The molecule has 0 unspecified atom stereocenters. The van der Waals surface area contributed by atoms with E-state index in [4.69, 9.17) is 5.11 Å². The molecular formula is C13H16N2O4. The topological polar surface area (TPSA) is 95.5 Å². The summed E-state index contributed by atoms with van der Waals surface area (Å²) in [5, 5.41) is 13.1. The van der Waals surface area contributed by atoms with Crippen molar-refractivity contribution in [3.63, 3.8) is 0 Å². The number of anilines is 1. The number of carbonyl (C=O) groups is 3. The van der Waals surface area contributed by atoms with Crippen molar-refractivity contribution >= 4 is 23.6 Å². The lowest BCUT2D eigenvalue weighted by molar-refractivity contribution is -0.137. The number of aryl methyl sites for hydroxylation is 1. The minimum Gasteiger partial charge on any atom is -0.481 e. The molecule has 6 nitrogen and oxygen atoms in total. The van der Waals surface area contributed by atoms with Gasteiger partial charge in [0.2, 0.25) is 5.91 Å². The average molecular weight is 264 g/mol. The van der Waals surface area contributed by atoms with Gasteiger partial charge in [0.25, 0.3) is 0 Å². The van der Waals surface area contributed by atoms with Crippen LogP contribution in [0.1, 0.15) is 24.8 Å². The van der Waals surface area contributed by atoms with Gasteiger partial charge in [-0.1, -0.05) is 12.1 Å². The quantitative estimate of drug-likeness (QED) is 0.756. The number of aliphatic carboxylic acids is 1. The number of rotatable bonds is 5. The van der Waals surface area contributed by atoms with Crippen molar-refractivity contribution in [3.8, 4) is 0 Å². The highest BCUT2D eigenvalue weighted by molar-refractivity contribution is 6.01. The van der Waals surface area contributed by atoms with E-state index in [0.717, 1.165) is 5.56 Å². The summed E-state index contributed by atoms with van der Waals surface area (Å²) in [4.78, 5) is 33.1. The first kappa shape index (κ1) is 14.7. The summed E-state index contributed by atoms with van der Waals surface area (Å²) in [7, 11) is 0. The molecule has 0 aliphatic carbocycles. The molecule has 0 heterocycles. The molecule has 1 aromatic carbocycles. The molecular weight excluding hydrogens is 248 g/mol. The van der Waals surface area contributed by atoms with Crippen LogP contribution in [0.4, 0.5) is 10.5 Å². The van der Waals surface area contributed by atoms with Gasteiger partial charge in [-0.2, -0.15) is 0 Å². The minimum atomic E-state index is -0.961. The number of amides is 3. The fourth-order valence-electron chi connectivity index (χ4n) is 1.47. The predicted molar refractivity (Wildman–Crippen MR) is 69.8 cm³/mol. The fourth-order valence-corrected chi connectivity index (χ4v) is 1.47. The van der Waals surface area contributed by atoms with Crippen LogP contribution < -0.4 is 10.6 Å². The SMILES string of the molecule is Cc1cccc(NC(=O)NC(=O)CCCC(=O)O)c1. The Labute approximate surface area is 110 Å². The number of imide groups is 1. The molecule has 6 heteroatoms.